The van der Waals surface area contributed by atoms with Crippen molar-refractivity contribution in [2.75, 3.05) is 0 Å². The molecule has 1 nitrogen and oxygen atoms in total. The normalized spacial score (nSPS) is 27.3. The lowest BCUT2D eigenvalue weighted by Crippen LogP contribution is -2.11. The lowest BCUT2D eigenvalue weighted by molar-refractivity contribution is 0.597. The van der Waals surface area contributed by atoms with Crippen LogP contribution in [-0.4, -0.2) is 10.4 Å². The molecule has 1 fully saturated rings. The Morgan fingerprint density at radius 1 is 1.20 bits per heavy atom. The average Bonchev–Trinajstić information content (AvgIpc) is 2.43. The Morgan fingerprint density at radius 2 is 2.00 bits per heavy atom. The van der Waals surface area contributed by atoms with Gasteiger partial charge in [0.25, 0.3) is 0 Å². The summed E-state index contributed by atoms with van der Waals surface area (Å²) < 4.78 is 0. The molecule has 0 spiro atoms. The molecule has 1 saturated carbocycles. The minimum atomic E-state index is 0.302. The highest BCUT2D eigenvalue weighted by Gasteiger charge is 2.23. The molecule has 0 amide bonds. The van der Waals surface area contributed by atoms with Gasteiger partial charge in [-0.25, -0.2) is 0 Å². The Hall–Kier alpha value is -0.560. The zero-order chi connectivity index (χ0) is 10.7. The Kier molecular flexibility index (Phi) is 3.63. The number of aromatic nitrogens is 1. The summed E-state index contributed by atoms with van der Waals surface area (Å²) >= 11 is 6.45. The van der Waals surface area contributed by atoms with Crippen molar-refractivity contribution in [3.8, 4) is 0 Å². The van der Waals surface area contributed by atoms with Crippen molar-refractivity contribution >= 4 is 11.6 Å². The van der Waals surface area contributed by atoms with Crippen molar-refractivity contribution in [3.63, 3.8) is 0 Å². The van der Waals surface area contributed by atoms with Crippen LogP contribution < -0.4 is 0 Å². The molecule has 15 heavy (non-hydrogen) atoms. The Morgan fingerprint density at radius 3 is 2.80 bits per heavy atom. The summed E-state index contributed by atoms with van der Waals surface area (Å²) in [6.07, 6.45) is 10.2. The number of halogens is 1. The summed E-state index contributed by atoms with van der Waals surface area (Å²) in [6, 6.07) is 2.23. The monoisotopic (exact) mass is 223 g/mol. The van der Waals surface area contributed by atoms with Crippen molar-refractivity contribution in [3.05, 3.63) is 29.6 Å². The van der Waals surface area contributed by atoms with Crippen molar-refractivity contribution < 1.29 is 0 Å². The summed E-state index contributed by atoms with van der Waals surface area (Å²) in [5.41, 5.74) is 2.57. The highest BCUT2D eigenvalue weighted by Crippen LogP contribution is 2.35. The molecule has 1 aromatic heterocycles. The maximum atomic E-state index is 6.45. The second-order valence-electron chi connectivity index (χ2n) is 4.56. The molecule has 0 saturated heterocycles. The molecule has 2 atom stereocenters. The zero-order valence-electron chi connectivity index (χ0n) is 9.25. The van der Waals surface area contributed by atoms with Crippen LogP contribution >= 0.6 is 11.6 Å². The first-order valence-electron chi connectivity index (χ1n) is 5.83. The Balaban J connectivity index is 2.20. The predicted molar refractivity (Wildman–Crippen MR) is 64.4 cm³/mol. The Bertz CT molecular complexity index is 324. The molecule has 82 valence electrons. The van der Waals surface area contributed by atoms with Crippen LogP contribution in [0.2, 0.25) is 0 Å². The molecule has 2 rings (SSSR count). The van der Waals surface area contributed by atoms with Gasteiger partial charge in [0.2, 0.25) is 0 Å². The fourth-order valence-corrected chi connectivity index (χ4v) is 2.84. The molecule has 0 aromatic carbocycles. The van der Waals surface area contributed by atoms with E-state index in [0.717, 1.165) is 6.42 Å². The minimum absolute atomic E-state index is 0.302. The first-order chi connectivity index (χ1) is 7.27. The predicted octanol–water partition coefficient (Wildman–Crippen LogP) is 4.05. The molecule has 0 aliphatic heterocycles. The van der Waals surface area contributed by atoms with Gasteiger partial charge >= 0.3 is 0 Å². The standard InChI is InChI=1S/C13H18ClN/c1-10-7-11(9-15-8-10)12-5-3-2-4-6-13(12)14/h7-9,12-13H,2-6H2,1H3. The summed E-state index contributed by atoms with van der Waals surface area (Å²) in [6.45, 7) is 2.09. The highest BCUT2D eigenvalue weighted by atomic mass is 35.5. The Labute approximate surface area is 96.9 Å². The smallest absolute Gasteiger partial charge is 0.0405 e. The van der Waals surface area contributed by atoms with Crippen LogP contribution in [0.15, 0.2) is 18.5 Å². The van der Waals surface area contributed by atoms with Crippen molar-refractivity contribution in [1.29, 1.82) is 0 Å². The highest BCUT2D eigenvalue weighted by molar-refractivity contribution is 6.21. The van der Waals surface area contributed by atoms with E-state index in [1.165, 1.54) is 36.8 Å². The van der Waals surface area contributed by atoms with Gasteiger partial charge in [-0.05, 0) is 30.9 Å². The number of pyridine rings is 1. The van der Waals surface area contributed by atoms with E-state index >= 15 is 0 Å². The van der Waals surface area contributed by atoms with Gasteiger partial charge in [0.15, 0.2) is 0 Å². The molecule has 1 heterocycles. The average molecular weight is 224 g/mol. The van der Waals surface area contributed by atoms with Gasteiger partial charge in [-0.1, -0.05) is 25.3 Å². The molecule has 0 bridgehead atoms. The van der Waals surface area contributed by atoms with E-state index < -0.39 is 0 Å². The molecule has 1 aliphatic rings. The van der Waals surface area contributed by atoms with Crippen molar-refractivity contribution in [2.45, 2.75) is 50.3 Å². The molecule has 1 aliphatic carbocycles. The number of rotatable bonds is 1. The van der Waals surface area contributed by atoms with Gasteiger partial charge in [0.05, 0.1) is 0 Å². The first kappa shape index (κ1) is 10.9. The lowest BCUT2D eigenvalue weighted by Gasteiger charge is -2.19. The van der Waals surface area contributed by atoms with Gasteiger partial charge in [-0.2, -0.15) is 0 Å². The molecule has 0 radical (unpaired) electrons. The molecular formula is C13H18ClN. The largest absolute Gasteiger partial charge is 0.264 e. The van der Waals surface area contributed by atoms with Gasteiger partial charge in [0, 0.05) is 23.7 Å². The van der Waals surface area contributed by atoms with E-state index in [4.69, 9.17) is 11.6 Å². The fraction of sp³-hybridized carbons (Fsp3) is 0.615. The van der Waals surface area contributed by atoms with E-state index in [2.05, 4.69) is 18.0 Å². The third kappa shape index (κ3) is 2.72. The number of hydrogen-bond acceptors (Lipinski definition) is 1. The van der Waals surface area contributed by atoms with Crippen LogP contribution in [0.4, 0.5) is 0 Å². The minimum Gasteiger partial charge on any atom is -0.264 e. The maximum absolute atomic E-state index is 6.45. The second kappa shape index (κ2) is 4.98. The van der Waals surface area contributed by atoms with Crippen molar-refractivity contribution in [2.24, 2.45) is 0 Å². The van der Waals surface area contributed by atoms with Gasteiger partial charge < -0.3 is 0 Å². The maximum Gasteiger partial charge on any atom is 0.0405 e. The topological polar surface area (TPSA) is 12.9 Å². The number of aryl methyl sites for hydroxylation is 1. The second-order valence-corrected chi connectivity index (χ2v) is 5.12. The van der Waals surface area contributed by atoms with Crippen LogP contribution in [0.3, 0.4) is 0 Å². The van der Waals surface area contributed by atoms with E-state index in [1.54, 1.807) is 0 Å². The fourth-order valence-electron chi connectivity index (χ4n) is 2.42. The zero-order valence-corrected chi connectivity index (χ0v) is 10.0. The van der Waals surface area contributed by atoms with Crippen molar-refractivity contribution in [1.82, 2.24) is 4.98 Å². The molecular weight excluding hydrogens is 206 g/mol. The molecule has 1 aromatic rings. The molecule has 2 unspecified atom stereocenters. The quantitative estimate of drug-likeness (QED) is 0.517. The van der Waals surface area contributed by atoms with E-state index in [0.29, 0.717) is 11.3 Å². The van der Waals surface area contributed by atoms with E-state index in [-0.39, 0.29) is 0 Å². The first-order valence-corrected chi connectivity index (χ1v) is 6.26. The van der Waals surface area contributed by atoms with Crippen LogP contribution in [0.1, 0.15) is 49.1 Å². The SMILES string of the molecule is Cc1cncc(C2CCCCCC2Cl)c1. The van der Waals surface area contributed by atoms with Gasteiger partial charge in [-0.15, -0.1) is 11.6 Å². The van der Waals surface area contributed by atoms with E-state index in [9.17, 15) is 0 Å². The molecule has 0 N–H and O–H groups in total. The number of alkyl halides is 1. The number of nitrogens with zero attached hydrogens (tertiary/aromatic N) is 1. The third-order valence-corrected chi connectivity index (χ3v) is 3.78. The molecule has 2 heteroatoms. The summed E-state index contributed by atoms with van der Waals surface area (Å²) in [5.74, 6) is 0.515. The van der Waals surface area contributed by atoms with Crippen LogP contribution in [0.5, 0.6) is 0 Å². The summed E-state index contributed by atoms with van der Waals surface area (Å²) in [5, 5.41) is 0.302. The summed E-state index contributed by atoms with van der Waals surface area (Å²) in [4.78, 5) is 4.27. The van der Waals surface area contributed by atoms with Gasteiger partial charge in [-0.3, -0.25) is 4.98 Å². The lowest BCUT2D eigenvalue weighted by atomic mass is 9.92. The van der Waals surface area contributed by atoms with Crippen LogP contribution in [-0.2, 0) is 0 Å². The third-order valence-electron chi connectivity index (χ3n) is 3.26. The van der Waals surface area contributed by atoms with Crippen LogP contribution in [0.25, 0.3) is 0 Å². The number of hydrogen-bond donors (Lipinski definition) is 0. The van der Waals surface area contributed by atoms with E-state index in [1.807, 2.05) is 12.4 Å². The van der Waals surface area contributed by atoms with Gasteiger partial charge in [0.1, 0.15) is 0 Å². The summed E-state index contributed by atoms with van der Waals surface area (Å²) in [7, 11) is 0. The van der Waals surface area contributed by atoms with Crippen LogP contribution in [0, 0.1) is 6.92 Å².